The number of hydrogen-bond acceptors (Lipinski definition) is 3. The summed E-state index contributed by atoms with van der Waals surface area (Å²) < 4.78 is 34.5. The molecule has 0 unspecified atom stereocenters. The van der Waals surface area contributed by atoms with Gasteiger partial charge >= 0.3 is 0 Å². The summed E-state index contributed by atoms with van der Waals surface area (Å²) in [6.45, 7) is 4.80. The van der Waals surface area contributed by atoms with E-state index < -0.39 is 11.6 Å². The van der Waals surface area contributed by atoms with Gasteiger partial charge in [0.05, 0.1) is 18.0 Å². The standard InChI is InChI=1S/C26H36F2N2O/c1-3-5-6-7-18-31-24-17-15-22(25(27)26(24)28)23-16-14-21(29-30-23)13-12-20-10-8-19(4-2)9-11-20/h14-17,19-20H,3-13,18H2,1-2H3. The first kappa shape index (κ1) is 23.6. The monoisotopic (exact) mass is 430 g/mol. The summed E-state index contributed by atoms with van der Waals surface area (Å²) >= 11 is 0. The van der Waals surface area contributed by atoms with Gasteiger partial charge in [-0.25, -0.2) is 4.39 Å². The molecule has 2 aromatic rings. The topological polar surface area (TPSA) is 35.0 Å². The van der Waals surface area contributed by atoms with Crippen LogP contribution in [0.5, 0.6) is 5.75 Å². The fourth-order valence-electron chi connectivity index (χ4n) is 4.47. The molecular formula is C26H36F2N2O. The predicted molar refractivity (Wildman–Crippen MR) is 121 cm³/mol. The average Bonchev–Trinajstić information content (AvgIpc) is 2.81. The van der Waals surface area contributed by atoms with E-state index in [9.17, 15) is 8.78 Å². The maximum Gasteiger partial charge on any atom is 0.201 e. The highest BCUT2D eigenvalue weighted by Gasteiger charge is 2.20. The van der Waals surface area contributed by atoms with Crippen LogP contribution in [-0.2, 0) is 6.42 Å². The second kappa shape index (κ2) is 12.1. The minimum Gasteiger partial charge on any atom is -0.490 e. The molecule has 1 fully saturated rings. The van der Waals surface area contributed by atoms with Gasteiger partial charge in [-0.2, -0.15) is 14.6 Å². The maximum atomic E-state index is 14.6. The lowest BCUT2D eigenvalue weighted by atomic mass is 9.79. The van der Waals surface area contributed by atoms with Crippen LogP contribution in [0, 0.1) is 23.5 Å². The quantitative estimate of drug-likeness (QED) is 0.346. The first-order chi connectivity index (χ1) is 15.1. The highest BCUT2D eigenvalue weighted by Crippen LogP contribution is 2.33. The molecule has 3 rings (SSSR count). The van der Waals surface area contributed by atoms with Crippen LogP contribution in [0.25, 0.3) is 11.3 Å². The van der Waals surface area contributed by atoms with E-state index in [1.54, 1.807) is 6.07 Å². The zero-order valence-corrected chi connectivity index (χ0v) is 19.0. The molecule has 0 bridgehead atoms. The number of rotatable bonds is 11. The molecule has 31 heavy (non-hydrogen) atoms. The summed E-state index contributed by atoms with van der Waals surface area (Å²) in [5, 5.41) is 8.44. The van der Waals surface area contributed by atoms with Crippen molar-refractivity contribution in [2.75, 3.05) is 6.61 Å². The molecule has 0 N–H and O–H groups in total. The minimum atomic E-state index is -0.957. The molecule has 0 amide bonds. The van der Waals surface area contributed by atoms with Crippen LogP contribution < -0.4 is 4.74 Å². The molecule has 1 saturated carbocycles. The number of aryl methyl sites for hydroxylation is 1. The van der Waals surface area contributed by atoms with Crippen LogP contribution in [-0.4, -0.2) is 16.8 Å². The first-order valence-electron chi connectivity index (χ1n) is 12.1. The number of unbranched alkanes of at least 4 members (excludes halogenated alkanes) is 3. The van der Waals surface area contributed by atoms with Crippen LogP contribution in [0.15, 0.2) is 24.3 Å². The Morgan fingerprint density at radius 3 is 2.32 bits per heavy atom. The van der Waals surface area contributed by atoms with Crippen molar-refractivity contribution in [3.8, 4) is 17.0 Å². The molecule has 1 heterocycles. The number of halogens is 2. The molecule has 0 spiro atoms. The number of ether oxygens (including phenoxy) is 1. The first-order valence-corrected chi connectivity index (χ1v) is 12.1. The summed E-state index contributed by atoms with van der Waals surface area (Å²) in [7, 11) is 0. The number of nitrogens with zero attached hydrogens (tertiary/aromatic N) is 2. The molecule has 0 aliphatic heterocycles. The minimum absolute atomic E-state index is 0.0416. The predicted octanol–water partition coefficient (Wildman–Crippen LogP) is 7.53. The lowest BCUT2D eigenvalue weighted by Crippen LogP contribution is -2.14. The molecule has 1 aromatic carbocycles. The molecule has 170 valence electrons. The van der Waals surface area contributed by atoms with E-state index in [0.717, 1.165) is 56.1 Å². The fourth-order valence-corrected chi connectivity index (χ4v) is 4.47. The van der Waals surface area contributed by atoms with Gasteiger partial charge in [0.15, 0.2) is 11.6 Å². The van der Waals surface area contributed by atoms with Crippen LogP contribution >= 0.6 is 0 Å². The smallest absolute Gasteiger partial charge is 0.201 e. The van der Waals surface area contributed by atoms with E-state index >= 15 is 0 Å². The third kappa shape index (κ3) is 6.72. The normalized spacial score (nSPS) is 18.8. The van der Waals surface area contributed by atoms with Gasteiger partial charge in [0.2, 0.25) is 5.82 Å². The molecule has 3 nitrogen and oxygen atoms in total. The maximum absolute atomic E-state index is 14.6. The lowest BCUT2D eigenvalue weighted by molar-refractivity contribution is 0.258. The van der Waals surface area contributed by atoms with E-state index in [4.69, 9.17) is 4.74 Å². The molecule has 0 atom stereocenters. The molecule has 0 radical (unpaired) electrons. The Morgan fingerprint density at radius 1 is 0.871 bits per heavy atom. The van der Waals surface area contributed by atoms with Gasteiger partial charge in [0.1, 0.15) is 0 Å². The fraction of sp³-hybridized carbons (Fsp3) is 0.615. The Balaban J connectivity index is 1.54. The Labute approximate surface area is 185 Å². The lowest BCUT2D eigenvalue weighted by Gasteiger charge is -2.27. The van der Waals surface area contributed by atoms with Gasteiger partial charge in [-0.3, -0.25) is 0 Å². The van der Waals surface area contributed by atoms with Gasteiger partial charge in [-0.15, -0.1) is 0 Å². The Bertz CT molecular complexity index is 802. The molecule has 1 aliphatic rings. The number of benzene rings is 1. The van der Waals surface area contributed by atoms with Crippen molar-refractivity contribution < 1.29 is 13.5 Å². The van der Waals surface area contributed by atoms with Gasteiger partial charge in [-0.05, 0) is 55.4 Å². The van der Waals surface area contributed by atoms with Crippen molar-refractivity contribution in [2.45, 2.75) is 84.5 Å². The van der Waals surface area contributed by atoms with E-state index in [1.807, 2.05) is 6.07 Å². The summed E-state index contributed by atoms with van der Waals surface area (Å²) in [5.41, 5.74) is 1.38. The van der Waals surface area contributed by atoms with Crippen LogP contribution in [0.3, 0.4) is 0 Å². The van der Waals surface area contributed by atoms with Crippen molar-refractivity contribution in [1.29, 1.82) is 0 Å². The van der Waals surface area contributed by atoms with Gasteiger partial charge in [0, 0.05) is 5.56 Å². The van der Waals surface area contributed by atoms with Crippen LogP contribution in [0.1, 0.15) is 83.7 Å². The largest absolute Gasteiger partial charge is 0.490 e. The van der Waals surface area contributed by atoms with Gasteiger partial charge in [-0.1, -0.05) is 65.2 Å². The molecule has 5 heteroatoms. The summed E-state index contributed by atoms with van der Waals surface area (Å²) in [6.07, 6.45) is 12.7. The van der Waals surface area contributed by atoms with Crippen molar-refractivity contribution >= 4 is 0 Å². The third-order valence-electron chi connectivity index (χ3n) is 6.65. The Kier molecular flexibility index (Phi) is 9.23. The van der Waals surface area contributed by atoms with E-state index in [2.05, 4.69) is 24.0 Å². The van der Waals surface area contributed by atoms with Gasteiger partial charge in [0.25, 0.3) is 0 Å². The van der Waals surface area contributed by atoms with Crippen molar-refractivity contribution in [3.63, 3.8) is 0 Å². The van der Waals surface area contributed by atoms with E-state index in [0.29, 0.717) is 12.3 Å². The summed E-state index contributed by atoms with van der Waals surface area (Å²) in [6, 6.07) is 6.63. The SMILES string of the molecule is CCCCCCOc1ccc(-c2ccc(CCC3CCC(CC)CC3)nn2)c(F)c1F. The van der Waals surface area contributed by atoms with Crippen LogP contribution in [0.2, 0.25) is 0 Å². The second-order valence-corrected chi connectivity index (χ2v) is 8.89. The van der Waals surface area contributed by atoms with E-state index in [-0.39, 0.29) is 11.3 Å². The third-order valence-corrected chi connectivity index (χ3v) is 6.65. The average molecular weight is 431 g/mol. The molecule has 1 aliphatic carbocycles. The van der Waals surface area contributed by atoms with Crippen molar-refractivity contribution in [3.05, 3.63) is 41.6 Å². The highest BCUT2D eigenvalue weighted by molar-refractivity contribution is 5.61. The molecule has 0 saturated heterocycles. The highest BCUT2D eigenvalue weighted by atomic mass is 19.2. The van der Waals surface area contributed by atoms with Crippen molar-refractivity contribution in [1.82, 2.24) is 10.2 Å². The van der Waals surface area contributed by atoms with Crippen LogP contribution in [0.4, 0.5) is 8.78 Å². The number of hydrogen-bond donors (Lipinski definition) is 0. The van der Waals surface area contributed by atoms with Gasteiger partial charge < -0.3 is 4.74 Å². The van der Waals surface area contributed by atoms with Crippen molar-refractivity contribution in [2.24, 2.45) is 11.8 Å². The molecular weight excluding hydrogens is 394 g/mol. The zero-order valence-electron chi connectivity index (χ0n) is 19.0. The van der Waals surface area contributed by atoms with E-state index in [1.165, 1.54) is 44.2 Å². The second-order valence-electron chi connectivity index (χ2n) is 8.89. The summed E-state index contributed by atoms with van der Waals surface area (Å²) in [5.74, 6) is -0.253. The Hall–Kier alpha value is -2.04. The zero-order chi connectivity index (χ0) is 22.1. The summed E-state index contributed by atoms with van der Waals surface area (Å²) in [4.78, 5) is 0. The molecule has 1 aromatic heterocycles. The number of aromatic nitrogens is 2. The Morgan fingerprint density at radius 2 is 1.65 bits per heavy atom.